The predicted molar refractivity (Wildman–Crippen MR) is 106 cm³/mol. The van der Waals surface area contributed by atoms with Gasteiger partial charge in [0.25, 0.3) is 5.91 Å². The third kappa shape index (κ3) is 4.65. The number of urea groups is 1. The normalized spacial score (nSPS) is 13.8. The lowest BCUT2D eigenvalue weighted by atomic mass is 10.1. The topological polar surface area (TPSA) is 70.7 Å². The van der Waals surface area contributed by atoms with Gasteiger partial charge in [-0.05, 0) is 49.6 Å². The van der Waals surface area contributed by atoms with Gasteiger partial charge in [0.15, 0.2) is 0 Å². The second-order valence-corrected chi connectivity index (χ2v) is 6.70. The number of benzene rings is 2. The number of rotatable bonds is 6. The van der Waals surface area contributed by atoms with Crippen LogP contribution in [0.2, 0.25) is 0 Å². The number of amides is 3. The van der Waals surface area contributed by atoms with Crippen LogP contribution in [0.25, 0.3) is 0 Å². The molecule has 0 spiro atoms. The quantitative estimate of drug-likeness (QED) is 0.822. The van der Waals surface area contributed by atoms with Crippen molar-refractivity contribution < 1.29 is 14.3 Å². The molecule has 1 atom stereocenters. The molecule has 0 saturated carbocycles. The molecule has 2 aromatic rings. The molecule has 27 heavy (non-hydrogen) atoms. The molecule has 2 N–H and O–H groups in total. The van der Waals surface area contributed by atoms with Gasteiger partial charge in [0.2, 0.25) is 0 Å². The summed E-state index contributed by atoms with van der Waals surface area (Å²) in [7, 11) is 1.63. The minimum atomic E-state index is -0.297. The average Bonchev–Trinajstić information content (AvgIpc) is 3.10. The molecule has 3 rings (SSSR count). The van der Waals surface area contributed by atoms with Crippen molar-refractivity contribution in [2.75, 3.05) is 30.5 Å². The first-order valence-corrected chi connectivity index (χ1v) is 9.15. The minimum Gasteiger partial charge on any atom is -0.385 e. The lowest BCUT2D eigenvalue weighted by Crippen LogP contribution is -2.36. The molecule has 0 aliphatic carbocycles. The van der Waals surface area contributed by atoms with E-state index < -0.39 is 0 Å². The van der Waals surface area contributed by atoms with Crippen LogP contribution in [-0.2, 0) is 11.2 Å². The van der Waals surface area contributed by atoms with E-state index >= 15 is 0 Å². The van der Waals surface area contributed by atoms with Crippen molar-refractivity contribution in [2.45, 2.75) is 25.8 Å². The number of fused-ring (bicyclic) bond motifs is 1. The number of carbonyl (C=O) groups is 2. The SMILES string of the molecule is COCCC(C)NC(=O)Nc1cccc(C(=O)N2CCc3ccccc32)c1. The lowest BCUT2D eigenvalue weighted by molar-refractivity contribution is 0.0989. The number of para-hydroxylation sites is 1. The zero-order chi connectivity index (χ0) is 19.2. The maximum atomic E-state index is 12.9. The standard InChI is InChI=1S/C21H25N3O3/c1-15(11-13-27-2)22-21(26)23-18-8-5-7-17(14-18)20(25)24-12-10-16-6-3-4-9-19(16)24/h3-9,14-15H,10-13H2,1-2H3,(H2,22,23,26). The minimum absolute atomic E-state index is 0.00383. The number of hydrogen-bond donors (Lipinski definition) is 2. The van der Waals surface area contributed by atoms with Gasteiger partial charge in [-0.25, -0.2) is 4.79 Å². The van der Waals surface area contributed by atoms with Crippen molar-refractivity contribution in [1.82, 2.24) is 5.32 Å². The Balaban J connectivity index is 1.65. The summed E-state index contributed by atoms with van der Waals surface area (Å²) in [6.45, 7) is 3.18. The van der Waals surface area contributed by atoms with Crippen molar-refractivity contribution in [3.05, 3.63) is 59.7 Å². The highest BCUT2D eigenvalue weighted by Gasteiger charge is 2.25. The van der Waals surface area contributed by atoms with Gasteiger partial charge < -0.3 is 20.3 Å². The average molecular weight is 367 g/mol. The van der Waals surface area contributed by atoms with E-state index in [0.717, 1.165) is 18.5 Å². The molecule has 6 heteroatoms. The lowest BCUT2D eigenvalue weighted by Gasteiger charge is -2.18. The van der Waals surface area contributed by atoms with Gasteiger partial charge >= 0.3 is 6.03 Å². The Kier molecular flexibility index (Phi) is 6.08. The number of nitrogens with zero attached hydrogens (tertiary/aromatic N) is 1. The number of hydrogen-bond acceptors (Lipinski definition) is 3. The molecule has 142 valence electrons. The smallest absolute Gasteiger partial charge is 0.319 e. The van der Waals surface area contributed by atoms with Crippen LogP contribution >= 0.6 is 0 Å². The molecule has 1 aliphatic rings. The molecule has 1 unspecified atom stereocenters. The Morgan fingerprint density at radius 2 is 2.00 bits per heavy atom. The van der Waals surface area contributed by atoms with Crippen molar-refractivity contribution in [3.8, 4) is 0 Å². The predicted octanol–water partition coefficient (Wildman–Crippen LogP) is 3.44. The maximum Gasteiger partial charge on any atom is 0.319 e. The van der Waals surface area contributed by atoms with Crippen LogP contribution in [0.15, 0.2) is 48.5 Å². The first-order valence-electron chi connectivity index (χ1n) is 9.15. The summed E-state index contributed by atoms with van der Waals surface area (Å²) in [6, 6.07) is 14.7. The molecular weight excluding hydrogens is 342 g/mol. The zero-order valence-corrected chi connectivity index (χ0v) is 15.7. The Labute approximate surface area is 159 Å². The van der Waals surface area contributed by atoms with Crippen LogP contribution in [-0.4, -0.2) is 38.2 Å². The molecule has 0 radical (unpaired) electrons. The number of ether oxygens (including phenoxy) is 1. The fourth-order valence-corrected chi connectivity index (χ4v) is 3.19. The third-order valence-electron chi connectivity index (χ3n) is 4.63. The summed E-state index contributed by atoms with van der Waals surface area (Å²) >= 11 is 0. The van der Waals surface area contributed by atoms with Crippen LogP contribution < -0.4 is 15.5 Å². The molecule has 0 saturated heterocycles. The number of carbonyl (C=O) groups excluding carboxylic acids is 2. The molecule has 0 aromatic heterocycles. The van der Waals surface area contributed by atoms with Gasteiger partial charge in [0, 0.05) is 43.2 Å². The van der Waals surface area contributed by atoms with Crippen LogP contribution in [0.3, 0.4) is 0 Å². The van der Waals surface area contributed by atoms with E-state index in [9.17, 15) is 9.59 Å². The number of anilines is 2. The second-order valence-electron chi connectivity index (χ2n) is 6.70. The van der Waals surface area contributed by atoms with Gasteiger partial charge in [-0.15, -0.1) is 0 Å². The summed E-state index contributed by atoms with van der Waals surface area (Å²) < 4.78 is 5.01. The highest BCUT2D eigenvalue weighted by atomic mass is 16.5. The van der Waals surface area contributed by atoms with Crippen LogP contribution in [0.4, 0.5) is 16.2 Å². The van der Waals surface area contributed by atoms with E-state index in [1.54, 1.807) is 36.3 Å². The first kappa shape index (κ1) is 18.9. The van der Waals surface area contributed by atoms with E-state index in [1.807, 2.05) is 25.1 Å². The molecule has 6 nitrogen and oxygen atoms in total. The van der Waals surface area contributed by atoms with Crippen LogP contribution in [0.1, 0.15) is 29.3 Å². The second kappa shape index (κ2) is 8.68. The maximum absolute atomic E-state index is 12.9. The van der Waals surface area contributed by atoms with Crippen molar-refractivity contribution >= 4 is 23.3 Å². The van der Waals surface area contributed by atoms with Gasteiger partial charge in [0.1, 0.15) is 0 Å². The zero-order valence-electron chi connectivity index (χ0n) is 15.7. The Morgan fingerprint density at radius 1 is 1.19 bits per heavy atom. The van der Waals surface area contributed by atoms with E-state index in [0.29, 0.717) is 24.4 Å². The molecule has 0 bridgehead atoms. The third-order valence-corrected chi connectivity index (χ3v) is 4.63. The van der Waals surface area contributed by atoms with Crippen molar-refractivity contribution in [1.29, 1.82) is 0 Å². The summed E-state index contributed by atoms with van der Waals surface area (Å²) in [4.78, 5) is 26.8. The largest absolute Gasteiger partial charge is 0.385 e. The summed E-state index contributed by atoms with van der Waals surface area (Å²) in [6.07, 6.45) is 1.60. The number of methoxy groups -OCH3 is 1. The van der Waals surface area contributed by atoms with Crippen LogP contribution in [0.5, 0.6) is 0 Å². The fraction of sp³-hybridized carbons (Fsp3) is 0.333. The van der Waals surface area contributed by atoms with Gasteiger partial charge in [-0.2, -0.15) is 0 Å². The van der Waals surface area contributed by atoms with Gasteiger partial charge in [0.05, 0.1) is 0 Å². The molecule has 2 aromatic carbocycles. The molecule has 3 amide bonds. The Morgan fingerprint density at radius 3 is 2.81 bits per heavy atom. The fourth-order valence-electron chi connectivity index (χ4n) is 3.19. The van der Waals surface area contributed by atoms with E-state index in [-0.39, 0.29) is 18.0 Å². The first-order chi connectivity index (χ1) is 13.1. The van der Waals surface area contributed by atoms with Crippen LogP contribution in [0, 0.1) is 0 Å². The van der Waals surface area contributed by atoms with E-state index in [1.165, 1.54) is 5.56 Å². The highest BCUT2D eigenvalue weighted by molar-refractivity contribution is 6.08. The van der Waals surface area contributed by atoms with E-state index in [4.69, 9.17) is 4.74 Å². The van der Waals surface area contributed by atoms with Crippen molar-refractivity contribution in [2.24, 2.45) is 0 Å². The van der Waals surface area contributed by atoms with E-state index in [2.05, 4.69) is 16.7 Å². The molecule has 0 fully saturated rings. The summed E-state index contributed by atoms with van der Waals surface area (Å²) in [5, 5.41) is 5.65. The molecule has 1 aliphatic heterocycles. The van der Waals surface area contributed by atoms with Gasteiger partial charge in [-0.3, -0.25) is 4.79 Å². The number of nitrogens with one attached hydrogen (secondary N) is 2. The molecule has 1 heterocycles. The highest BCUT2D eigenvalue weighted by Crippen LogP contribution is 2.29. The van der Waals surface area contributed by atoms with Crippen molar-refractivity contribution in [3.63, 3.8) is 0 Å². The summed E-state index contributed by atoms with van der Waals surface area (Å²) in [5.74, 6) is -0.0579. The summed E-state index contributed by atoms with van der Waals surface area (Å²) in [5.41, 5.74) is 3.29. The Bertz CT molecular complexity index is 822. The van der Waals surface area contributed by atoms with Gasteiger partial charge in [-0.1, -0.05) is 24.3 Å². The monoisotopic (exact) mass is 367 g/mol. The molecular formula is C21H25N3O3. The Hall–Kier alpha value is -2.86.